The maximum Gasteiger partial charge on any atom is 0.220 e. The molecule has 4 aromatic rings. The lowest BCUT2D eigenvalue weighted by Crippen LogP contribution is -2.56. The van der Waals surface area contributed by atoms with E-state index in [0.717, 1.165) is 71.6 Å². The number of carbonyl (C=O) groups is 1. The average molecular weight is 689 g/mol. The molecule has 4 heterocycles. The van der Waals surface area contributed by atoms with Crippen LogP contribution in [0.25, 0.3) is 33.6 Å². The number of aromatic nitrogens is 2. The van der Waals surface area contributed by atoms with Crippen LogP contribution in [-0.4, -0.2) is 71.4 Å². The van der Waals surface area contributed by atoms with E-state index in [1.54, 1.807) is 20.4 Å². The van der Waals surface area contributed by atoms with Crippen molar-refractivity contribution in [3.05, 3.63) is 82.0 Å². The summed E-state index contributed by atoms with van der Waals surface area (Å²) in [7, 11) is 3.28. The minimum Gasteiger partial charge on any atom is -0.496 e. The maximum atomic E-state index is 11.7. The first-order valence-corrected chi connectivity index (χ1v) is 16.9. The molecule has 0 atom stereocenters. The van der Waals surface area contributed by atoms with E-state index in [1.807, 2.05) is 61.5 Å². The molecule has 11 heteroatoms. The summed E-state index contributed by atoms with van der Waals surface area (Å²) in [4.78, 5) is 23.5. The molecule has 2 aliphatic heterocycles. The number of pyridine rings is 2. The van der Waals surface area contributed by atoms with Crippen LogP contribution in [0.3, 0.4) is 0 Å². The van der Waals surface area contributed by atoms with E-state index >= 15 is 0 Å². The Hall–Kier alpha value is -3.73. The quantitative estimate of drug-likeness (QED) is 0.183. The Morgan fingerprint density at radius 1 is 1.00 bits per heavy atom. The molecule has 0 bridgehead atoms. The molecule has 3 aliphatic rings. The number of likely N-dealkylation sites (tertiary alicyclic amines) is 1. The molecule has 2 aromatic carbocycles. The summed E-state index contributed by atoms with van der Waals surface area (Å²) < 4.78 is 11.5. The third kappa shape index (κ3) is 6.37. The first-order valence-electron chi connectivity index (χ1n) is 16.2. The number of ether oxygens (including phenoxy) is 2. The number of hydrogen-bond acceptors (Lipinski definition) is 8. The smallest absolute Gasteiger partial charge is 0.220 e. The standard InChI is InChI=1S/C37H39Cl2N5O4/c1-36(46)14-25(15-36)41-17-23-8-7-22(13-30(23)47-2)34-33(39)27(11-12-40-34)26-5-4-6-28(32(26)38)29-10-9-24(35(43-29)48-3)18-44-20-37(21-44)16-31(45)42-19-37/h4-13,25,41,46H,14-21H2,1-3H3,(H,42,45). The van der Waals surface area contributed by atoms with Crippen LogP contribution in [0.5, 0.6) is 11.6 Å². The summed E-state index contributed by atoms with van der Waals surface area (Å²) in [5.74, 6) is 1.42. The van der Waals surface area contributed by atoms with Gasteiger partial charge in [0.05, 0.1) is 41.3 Å². The fourth-order valence-corrected chi connectivity index (χ4v) is 8.02. The number of methoxy groups -OCH3 is 2. The maximum absolute atomic E-state index is 11.7. The molecule has 48 heavy (non-hydrogen) atoms. The number of halogens is 2. The molecule has 7 rings (SSSR count). The molecule has 1 saturated carbocycles. The number of nitrogens with zero attached hydrogens (tertiary/aromatic N) is 3. The minimum atomic E-state index is -0.578. The normalized spacial score (nSPS) is 21.5. The predicted molar refractivity (Wildman–Crippen MR) is 187 cm³/mol. The number of carbonyl (C=O) groups excluding carboxylic acids is 1. The van der Waals surface area contributed by atoms with Gasteiger partial charge in [0.25, 0.3) is 0 Å². The first-order chi connectivity index (χ1) is 23.1. The van der Waals surface area contributed by atoms with Gasteiger partial charge in [0.15, 0.2) is 0 Å². The van der Waals surface area contributed by atoms with Crippen molar-refractivity contribution in [1.29, 1.82) is 0 Å². The second kappa shape index (κ2) is 12.9. The van der Waals surface area contributed by atoms with Crippen LogP contribution in [0.4, 0.5) is 0 Å². The van der Waals surface area contributed by atoms with Gasteiger partial charge in [0.1, 0.15) is 5.75 Å². The molecule has 0 radical (unpaired) electrons. The molecule has 0 unspecified atom stereocenters. The van der Waals surface area contributed by atoms with Crippen LogP contribution >= 0.6 is 23.2 Å². The Morgan fingerprint density at radius 3 is 2.46 bits per heavy atom. The highest BCUT2D eigenvalue weighted by Gasteiger charge is 2.48. The number of nitrogens with one attached hydrogen (secondary N) is 2. The number of amides is 1. The SMILES string of the molecule is COc1cc(-c2nccc(-c3cccc(-c4ccc(CN5CC6(CNC(=O)C6)C5)c(OC)n4)c3Cl)c2Cl)ccc1CNC1CC(C)(O)C1. The number of rotatable bonds is 10. The molecule has 1 spiro atoms. The van der Waals surface area contributed by atoms with Gasteiger partial charge >= 0.3 is 0 Å². The highest BCUT2D eigenvalue weighted by molar-refractivity contribution is 6.39. The molecule has 2 saturated heterocycles. The van der Waals surface area contributed by atoms with E-state index in [4.69, 9.17) is 37.7 Å². The van der Waals surface area contributed by atoms with Crippen LogP contribution in [0, 0.1) is 5.41 Å². The van der Waals surface area contributed by atoms with E-state index in [-0.39, 0.29) is 17.4 Å². The Morgan fingerprint density at radius 2 is 1.75 bits per heavy atom. The number of benzene rings is 2. The Labute approximate surface area is 290 Å². The lowest BCUT2D eigenvalue weighted by atomic mass is 9.77. The Kier molecular flexibility index (Phi) is 8.85. The van der Waals surface area contributed by atoms with E-state index in [1.165, 1.54) is 0 Å². The molecule has 1 amide bonds. The molecule has 9 nitrogen and oxygen atoms in total. The Balaban J connectivity index is 1.11. The lowest BCUT2D eigenvalue weighted by Gasteiger charge is -2.47. The van der Waals surface area contributed by atoms with E-state index in [2.05, 4.69) is 20.5 Å². The largest absolute Gasteiger partial charge is 0.496 e. The second-order valence-electron chi connectivity index (χ2n) is 13.7. The van der Waals surface area contributed by atoms with E-state index in [9.17, 15) is 9.90 Å². The van der Waals surface area contributed by atoms with Gasteiger partial charge < -0.3 is 25.2 Å². The van der Waals surface area contributed by atoms with Gasteiger partial charge in [-0.25, -0.2) is 4.98 Å². The van der Waals surface area contributed by atoms with Crippen molar-refractivity contribution in [1.82, 2.24) is 25.5 Å². The van der Waals surface area contributed by atoms with Gasteiger partial charge in [-0.05, 0) is 38.0 Å². The number of aliphatic hydroxyl groups is 1. The molecular weight excluding hydrogens is 649 g/mol. The summed E-state index contributed by atoms with van der Waals surface area (Å²) in [5, 5.41) is 17.5. The van der Waals surface area contributed by atoms with Gasteiger partial charge in [-0.3, -0.25) is 14.7 Å². The van der Waals surface area contributed by atoms with Crippen molar-refractivity contribution in [3.8, 4) is 45.3 Å². The van der Waals surface area contributed by atoms with Crippen molar-refractivity contribution in [2.24, 2.45) is 5.41 Å². The zero-order valence-electron chi connectivity index (χ0n) is 27.3. The van der Waals surface area contributed by atoms with Gasteiger partial charge in [0, 0.05) is 90.2 Å². The third-order valence-electron chi connectivity index (χ3n) is 9.81. The number of hydrogen-bond donors (Lipinski definition) is 3. The van der Waals surface area contributed by atoms with Crippen molar-refractivity contribution in [2.45, 2.75) is 50.9 Å². The zero-order chi connectivity index (χ0) is 33.6. The second-order valence-corrected chi connectivity index (χ2v) is 14.4. The van der Waals surface area contributed by atoms with Crippen molar-refractivity contribution >= 4 is 29.1 Å². The van der Waals surface area contributed by atoms with Gasteiger partial charge in [0.2, 0.25) is 11.8 Å². The van der Waals surface area contributed by atoms with Crippen LogP contribution in [0.15, 0.2) is 60.8 Å². The van der Waals surface area contributed by atoms with Gasteiger partial charge in [-0.1, -0.05) is 59.6 Å². The van der Waals surface area contributed by atoms with Crippen LogP contribution in [-0.2, 0) is 17.9 Å². The zero-order valence-corrected chi connectivity index (χ0v) is 28.8. The molecule has 250 valence electrons. The minimum absolute atomic E-state index is 0.0622. The van der Waals surface area contributed by atoms with Crippen LogP contribution in [0.2, 0.25) is 10.0 Å². The van der Waals surface area contributed by atoms with Gasteiger partial charge in [-0.15, -0.1) is 0 Å². The molecule has 1 aliphatic carbocycles. The third-order valence-corrected chi connectivity index (χ3v) is 10.6. The molecule has 3 fully saturated rings. The summed E-state index contributed by atoms with van der Waals surface area (Å²) in [6.45, 7) is 5.69. The molecule has 3 N–H and O–H groups in total. The van der Waals surface area contributed by atoms with Crippen molar-refractivity contribution in [2.75, 3.05) is 33.9 Å². The highest BCUT2D eigenvalue weighted by atomic mass is 35.5. The topological polar surface area (TPSA) is 109 Å². The first kappa shape index (κ1) is 32.8. The summed E-state index contributed by atoms with van der Waals surface area (Å²) >= 11 is 14.2. The predicted octanol–water partition coefficient (Wildman–Crippen LogP) is 6.13. The fraction of sp³-hybridized carbons (Fsp3) is 0.378. The summed E-state index contributed by atoms with van der Waals surface area (Å²) in [6, 6.07) is 17.9. The van der Waals surface area contributed by atoms with Crippen LogP contribution < -0.4 is 20.1 Å². The van der Waals surface area contributed by atoms with Crippen LogP contribution in [0.1, 0.15) is 37.3 Å². The summed E-state index contributed by atoms with van der Waals surface area (Å²) in [6.07, 6.45) is 3.81. The molecule has 2 aromatic heterocycles. The van der Waals surface area contributed by atoms with Gasteiger partial charge in [-0.2, -0.15) is 0 Å². The van der Waals surface area contributed by atoms with E-state index < -0.39 is 5.60 Å². The lowest BCUT2D eigenvalue weighted by molar-refractivity contribution is -0.120. The molecular formula is C37H39Cl2N5O4. The van der Waals surface area contributed by atoms with Crippen molar-refractivity contribution < 1.29 is 19.4 Å². The monoisotopic (exact) mass is 687 g/mol. The Bertz CT molecular complexity index is 1870. The summed E-state index contributed by atoms with van der Waals surface area (Å²) in [5.41, 5.74) is 5.91. The van der Waals surface area contributed by atoms with Crippen molar-refractivity contribution in [3.63, 3.8) is 0 Å². The van der Waals surface area contributed by atoms with E-state index in [0.29, 0.717) is 46.8 Å². The fourth-order valence-electron chi connectivity index (χ4n) is 7.38. The highest BCUT2D eigenvalue weighted by Crippen LogP contribution is 2.43. The average Bonchev–Trinajstić information content (AvgIpc) is 3.44.